The largest absolute Gasteiger partial charge is 0.454 e. The molecule has 0 aromatic heterocycles. The van der Waals surface area contributed by atoms with Gasteiger partial charge in [0.15, 0.2) is 17.3 Å². The Morgan fingerprint density at radius 1 is 1.09 bits per heavy atom. The van der Waals surface area contributed by atoms with Crippen LogP contribution in [-0.2, 0) is 0 Å². The number of halogens is 1. The molecule has 1 N–H and O–H groups in total. The van der Waals surface area contributed by atoms with Crippen LogP contribution in [0.4, 0.5) is 5.69 Å². The lowest BCUT2D eigenvalue weighted by Gasteiger charge is -2.10. The Morgan fingerprint density at radius 3 is 2.36 bits per heavy atom. The van der Waals surface area contributed by atoms with Crippen molar-refractivity contribution in [1.82, 2.24) is 0 Å². The highest BCUT2D eigenvalue weighted by atomic mass is 79.9. The molecule has 0 fully saturated rings. The van der Waals surface area contributed by atoms with Crippen LogP contribution in [0.2, 0.25) is 0 Å². The maximum Gasteiger partial charge on any atom is 0.255 e. The van der Waals surface area contributed by atoms with Crippen molar-refractivity contribution >= 4 is 33.3 Å². The third kappa shape index (κ3) is 2.82. The highest BCUT2D eigenvalue weighted by Gasteiger charge is 2.20. The lowest BCUT2D eigenvalue weighted by Crippen LogP contribution is -2.14. The molecule has 3 rings (SSSR count). The van der Waals surface area contributed by atoms with Crippen LogP contribution >= 0.6 is 15.9 Å². The number of nitrogens with one attached hydrogen (secondary N) is 1. The number of amides is 1. The summed E-state index contributed by atoms with van der Waals surface area (Å²) >= 11 is 3.32. The summed E-state index contributed by atoms with van der Waals surface area (Å²) in [4.78, 5) is 24.1. The molecule has 0 radical (unpaired) electrons. The van der Waals surface area contributed by atoms with Crippen LogP contribution in [0.1, 0.15) is 27.6 Å². The van der Waals surface area contributed by atoms with Crippen LogP contribution in [0, 0.1) is 0 Å². The first kappa shape index (κ1) is 14.6. The van der Waals surface area contributed by atoms with E-state index < -0.39 is 0 Å². The Morgan fingerprint density at radius 2 is 1.73 bits per heavy atom. The number of carbonyl (C=O) groups excluding carboxylic acids is 2. The zero-order valence-corrected chi connectivity index (χ0v) is 13.3. The second-order valence-corrected chi connectivity index (χ2v) is 5.68. The van der Waals surface area contributed by atoms with Gasteiger partial charge >= 0.3 is 0 Å². The quantitative estimate of drug-likeness (QED) is 0.847. The van der Waals surface area contributed by atoms with Crippen molar-refractivity contribution in [3.8, 4) is 11.5 Å². The monoisotopic (exact) mass is 361 g/mol. The van der Waals surface area contributed by atoms with Crippen molar-refractivity contribution in [2.24, 2.45) is 0 Å². The standard InChI is InChI=1S/C16H12BrNO4/c1-9(19)12-6-14-15(22-8-21-14)7-13(12)18-16(20)10-2-4-11(17)5-3-10/h2-7H,8H2,1H3,(H,18,20). The second-order valence-electron chi connectivity index (χ2n) is 4.77. The molecular weight excluding hydrogens is 350 g/mol. The molecule has 1 amide bonds. The molecular formula is C16H12BrNO4. The van der Waals surface area contributed by atoms with Crippen LogP contribution in [0.25, 0.3) is 0 Å². The number of carbonyl (C=O) groups is 2. The van der Waals surface area contributed by atoms with E-state index in [1.807, 2.05) is 0 Å². The summed E-state index contributed by atoms with van der Waals surface area (Å²) in [7, 11) is 0. The van der Waals surface area contributed by atoms with Crippen molar-refractivity contribution in [2.45, 2.75) is 6.92 Å². The summed E-state index contributed by atoms with van der Waals surface area (Å²) in [5.74, 6) is 0.557. The highest BCUT2D eigenvalue weighted by molar-refractivity contribution is 9.10. The second kappa shape index (κ2) is 5.81. The number of ketones is 1. The average molecular weight is 362 g/mol. The summed E-state index contributed by atoms with van der Waals surface area (Å²) in [5.41, 5.74) is 1.29. The van der Waals surface area contributed by atoms with Crippen LogP contribution in [0.3, 0.4) is 0 Å². The maximum atomic E-state index is 12.3. The van der Waals surface area contributed by atoms with Gasteiger partial charge in [-0.3, -0.25) is 9.59 Å². The van der Waals surface area contributed by atoms with Gasteiger partial charge in [0, 0.05) is 21.7 Å². The number of benzene rings is 2. The fraction of sp³-hybridized carbons (Fsp3) is 0.125. The summed E-state index contributed by atoms with van der Waals surface area (Å²) in [6.45, 7) is 1.55. The van der Waals surface area contributed by atoms with E-state index in [1.54, 1.807) is 36.4 Å². The first-order valence-corrected chi connectivity index (χ1v) is 7.35. The van der Waals surface area contributed by atoms with Gasteiger partial charge in [-0.2, -0.15) is 0 Å². The summed E-state index contributed by atoms with van der Waals surface area (Å²) in [6, 6.07) is 10.1. The van der Waals surface area contributed by atoms with Crippen LogP contribution in [-0.4, -0.2) is 18.5 Å². The third-order valence-electron chi connectivity index (χ3n) is 3.25. The van der Waals surface area contributed by atoms with E-state index in [0.717, 1.165) is 4.47 Å². The van der Waals surface area contributed by atoms with Crippen molar-refractivity contribution in [2.75, 3.05) is 12.1 Å². The molecule has 0 aliphatic carbocycles. The van der Waals surface area contributed by atoms with E-state index in [0.29, 0.717) is 28.3 Å². The Hall–Kier alpha value is -2.34. The van der Waals surface area contributed by atoms with Crippen molar-refractivity contribution in [3.63, 3.8) is 0 Å². The molecule has 0 saturated carbocycles. The minimum absolute atomic E-state index is 0.108. The van der Waals surface area contributed by atoms with Crippen molar-refractivity contribution < 1.29 is 19.1 Å². The van der Waals surface area contributed by atoms with Gasteiger partial charge in [-0.25, -0.2) is 0 Å². The van der Waals surface area contributed by atoms with E-state index >= 15 is 0 Å². The van der Waals surface area contributed by atoms with Crippen LogP contribution < -0.4 is 14.8 Å². The predicted molar refractivity (Wildman–Crippen MR) is 84.7 cm³/mol. The van der Waals surface area contributed by atoms with Gasteiger partial charge in [-0.05, 0) is 37.3 Å². The zero-order valence-electron chi connectivity index (χ0n) is 11.7. The molecule has 6 heteroatoms. The number of hydrogen-bond donors (Lipinski definition) is 1. The molecule has 1 aliphatic heterocycles. The third-order valence-corrected chi connectivity index (χ3v) is 3.78. The van der Waals surface area contributed by atoms with Crippen LogP contribution in [0.15, 0.2) is 40.9 Å². The lowest BCUT2D eigenvalue weighted by molar-refractivity contribution is 0.101. The van der Waals surface area contributed by atoms with Gasteiger partial charge < -0.3 is 14.8 Å². The number of fused-ring (bicyclic) bond motifs is 1. The summed E-state index contributed by atoms with van der Waals surface area (Å²) in [6.07, 6.45) is 0. The minimum atomic E-state index is -0.297. The van der Waals surface area contributed by atoms with Crippen molar-refractivity contribution in [1.29, 1.82) is 0 Å². The predicted octanol–water partition coefficient (Wildman–Crippen LogP) is 3.63. The smallest absolute Gasteiger partial charge is 0.255 e. The van der Waals surface area contributed by atoms with Crippen LogP contribution in [0.5, 0.6) is 11.5 Å². The molecule has 112 valence electrons. The normalized spacial score (nSPS) is 12.1. The minimum Gasteiger partial charge on any atom is -0.454 e. The Balaban J connectivity index is 1.92. The van der Waals surface area contributed by atoms with E-state index in [9.17, 15) is 9.59 Å². The molecule has 0 atom stereocenters. The fourth-order valence-corrected chi connectivity index (χ4v) is 2.40. The first-order chi connectivity index (χ1) is 10.5. The Labute approximate surface area is 135 Å². The van der Waals surface area contributed by atoms with E-state index in [2.05, 4.69) is 21.2 Å². The molecule has 0 spiro atoms. The molecule has 0 bridgehead atoms. The highest BCUT2D eigenvalue weighted by Crippen LogP contribution is 2.37. The molecule has 1 aliphatic rings. The molecule has 2 aromatic carbocycles. The molecule has 22 heavy (non-hydrogen) atoms. The SMILES string of the molecule is CC(=O)c1cc2c(cc1NC(=O)c1ccc(Br)cc1)OCO2. The topological polar surface area (TPSA) is 64.6 Å². The van der Waals surface area contributed by atoms with E-state index in [4.69, 9.17) is 9.47 Å². The van der Waals surface area contributed by atoms with Gasteiger partial charge in [-0.15, -0.1) is 0 Å². The van der Waals surface area contributed by atoms with Gasteiger partial charge in [0.25, 0.3) is 5.91 Å². The van der Waals surface area contributed by atoms with E-state index in [-0.39, 0.29) is 18.5 Å². The van der Waals surface area contributed by atoms with E-state index in [1.165, 1.54) is 6.92 Å². The molecule has 1 heterocycles. The number of anilines is 1. The molecule has 5 nitrogen and oxygen atoms in total. The number of rotatable bonds is 3. The Kier molecular flexibility index (Phi) is 3.85. The number of Topliss-reactive ketones (excluding diaryl/α,β-unsaturated/α-hetero) is 1. The molecule has 0 saturated heterocycles. The van der Waals surface area contributed by atoms with Gasteiger partial charge in [0.05, 0.1) is 5.69 Å². The van der Waals surface area contributed by atoms with Gasteiger partial charge in [-0.1, -0.05) is 15.9 Å². The summed E-state index contributed by atoms with van der Waals surface area (Å²) in [5, 5.41) is 2.75. The zero-order chi connectivity index (χ0) is 15.7. The number of hydrogen-bond acceptors (Lipinski definition) is 4. The molecule has 0 unspecified atom stereocenters. The number of ether oxygens (including phenoxy) is 2. The average Bonchev–Trinajstić information content (AvgIpc) is 2.94. The Bertz CT molecular complexity index is 755. The molecule has 2 aromatic rings. The van der Waals surface area contributed by atoms with Crippen molar-refractivity contribution in [3.05, 3.63) is 52.0 Å². The lowest BCUT2D eigenvalue weighted by atomic mass is 10.1. The maximum absolute atomic E-state index is 12.3. The fourth-order valence-electron chi connectivity index (χ4n) is 2.13. The first-order valence-electron chi connectivity index (χ1n) is 6.56. The van der Waals surface area contributed by atoms with Gasteiger partial charge in [0.2, 0.25) is 6.79 Å². The summed E-state index contributed by atoms with van der Waals surface area (Å²) < 4.78 is 11.4. The van der Waals surface area contributed by atoms with Gasteiger partial charge in [0.1, 0.15) is 0 Å².